The van der Waals surface area contributed by atoms with Crippen LogP contribution in [-0.2, 0) is 6.42 Å². The Labute approximate surface area is 156 Å². The van der Waals surface area contributed by atoms with Gasteiger partial charge < -0.3 is 24.3 Å². The van der Waals surface area contributed by atoms with Gasteiger partial charge in [0.05, 0.1) is 26.9 Å². The van der Waals surface area contributed by atoms with E-state index in [9.17, 15) is 13.6 Å². The number of nitrogens with one attached hydrogen (secondary N) is 1. The third kappa shape index (κ3) is 5.22. The van der Waals surface area contributed by atoms with Crippen LogP contribution in [0, 0.1) is 0 Å². The fourth-order valence-corrected chi connectivity index (χ4v) is 2.52. The molecule has 0 radical (unpaired) electrons. The van der Waals surface area contributed by atoms with Gasteiger partial charge >= 0.3 is 6.61 Å². The van der Waals surface area contributed by atoms with Gasteiger partial charge in [0.25, 0.3) is 5.91 Å². The Morgan fingerprint density at radius 2 is 1.70 bits per heavy atom. The number of hydrogen-bond donors (Lipinski definition) is 1. The van der Waals surface area contributed by atoms with Gasteiger partial charge in [0.15, 0.2) is 23.0 Å². The van der Waals surface area contributed by atoms with Gasteiger partial charge in [-0.3, -0.25) is 4.79 Å². The van der Waals surface area contributed by atoms with Crippen LogP contribution in [0.15, 0.2) is 36.4 Å². The molecule has 0 aliphatic carbocycles. The number of methoxy groups -OCH3 is 3. The average molecular weight is 381 g/mol. The van der Waals surface area contributed by atoms with E-state index in [0.717, 1.165) is 5.56 Å². The minimum Gasteiger partial charge on any atom is -0.493 e. The van der Waals surface area contributed by atoms with E-state index in [1.165, 1.54) is 32.4 Å². The minimum atomic E-state index is -3.07. The molecule has 0 heterocycles. The highest BCUT2D eigenvalue weighted by molar-refractivity contribution is 5.97. The second-order valence-electron chi connectivity index (χ2n) is 5.41. The number of amides is 1. The fourth-order valence-electron chi connectivity index (χ4n) is 2.52. The Hall–Kier alpha value is -3.03. The van der Waals surface area contributed by atoms with Crippen LogP contribution in [0.1, 0.15) is 15.9 Å². The van der Waals surface area contributed by atoms with Crippen LogP contribution < -0.4 is 24.3 Å². The summed E-state index contributed by atoms with van der Waals surface area (Å²) in [7, 11) is 4.40. The van der Waals surface area contributed by atoms with E-state index in [4.69, 9.17) is 14.2 Å². The Kier molecular flexibility index (Phi) is 7.22. The van der Waals surface area contributed by atoms with Crippen LogP contribution in [0.25, 0.3) is 0 Å². The molecular weight excluding hydrogens is 360 g/mol. The molecular formula is C19H21F2NO5. The normalized spacial score (nSPS) is 10.4. The summed E-state index contributed by atoms with van der Waals surface area (Å²) in [5.41, 5.74) is 0.893. The molecule has 0 unspecified atom stereocenters. The van der Waals surface area contributed by atoms with Crippen LogP contribution in [-0.4, -0.2) is 40.4 Å². The standard InChI is InChI=1S/C19H21F2NO5/c1-24-14-8-7-12(11-16(14)26-3)9-10-22-18(23)13-5-4-6-15(25-2)17(13)27-19(20)21/h4-8,11,19H,9-10H2,1-3H3,(H,22,23). The number of benzene rings is 2. The second-order valence-corrected chi connectivity index (χ2v) is 5.41. The lowest BCUT2D eigenvalue weighted by molar-refractivity contribution is -0.0515. The molecule has 8 heteroatoms. The predicted octanol–water partition coefficient (Wildman–Crippen LogP) is 3.29. The van der Waals surface area contributed by atoms with Crippen molar-refractivity contribution in [3.8, 4) is 23.0 Å². The molecule has 2 aromatic carbocycles. The Morgan fingerprint density at radius 3 is 2.33 bits per heavy atom. The molecule has 0 bridgehead atoms. The van der Waals surface area contributed by atoms with E-state index in [1.54, 1.807) is 13.2 Å². The zero-order valence-electron chi connectivity index (χ0n) is 15.3. The minimum absolute atomic E-state index is 0.0260. The molecule has 0 aromatic heterocycles. The molecule has 2 aromatic rings. The Bertz CT molecular complexity index is 783. The number of para-hydroxylation sites is 1. The van der Waals surface area contributed by atoms with Crippen molar-refractivity contribution in [2.24, 2.45) is 0 Å². The summed E-state index contributed by atoms with van der Waals surface area (Å²) >= 11 is 0. The summed E-state index contributed by atoms with van der Waals surface area (Å²) in [6, 6.07) is 9.80. The predicted molar refractivity (Wildman–Crippen MR) is 95.2 cm³/mol. The zero-order valence-corrected chi connectivity index (χ0v) is 15.3. The van der Waals surface area contributed by atoms with Gasteiger partial charge in [0, 0.05) is 6.54 Å². The third-order valence-electron chi connectivity index (χ3n) is 3.80. The van der Waals surface area contributed by atoms with Crippen molar-refractivity contribution >= 4 is 5.91 Å². The Balaban J connectivity index is 2.06. The van der Waals surface area contributed by atoms with Crippen molar-refractivity contribution in [1.82, 2.24) is 5.32 Å². The van der Waals surface area contributed by atoms with Crippen LogP contribution >= 0.6 is 0 Å². The summed E-state index contributed by atoms with van der Waals surface area (Å²) in [5, 5.41) is 2.69. The maximum atomic E-state index is 12.7. The van der Waals surface area contributed by atoms with Crippen molar-refractivity contribution in [1.29, 1.82) is 0 Å². The van der Waals surface area contributed by atoms with Crippen molar-refractivity contribution in [3.05, 3.63) is 47.5 Å². The van der Waals surface area contributed by atoms with Crippen molar-refractivity contribution in [2.45, 2.75) is 13.0 Å². The summed E-state index contributed by atoms with van der Waals surface area (Å²) < 4.78 is 45.2. The van der Waals surface area contributed by atoms with Gasteiger partial charge in [-0.05, 0) is 36.2 Å². The Morgan fingerprint density at radius 1 is 1.00 bits per heavy atom. The highest BCUT2D eigenvalue weighted by Gasteiger charge is 2.20. The SMILES string of the molecule is COc1ccc(CCNC(=O)c2cccc(OC)c2OC(F)F)cc1OC. The molecule has 1 N–H and O–H groups in total. The summed E-state index contributed by atoms with van der Waals surface area (Å²) in [6.07, 6.45) is 0.515. The number of rotatable bonds is 9. The molecule has 0 saturated heterocycles. The summed E-state index contributed by atoms with van der Waals surface area (Å²) in [6.45, 7) is -2.78. The third-order valence-corrected chi connectivity index (χ3v) is 3.80. The zero-order chi connectivity index (χ0) is 19.8. The van der Waals surface area contributed by atoms with Crippen LogP contribution in [0.2, 0.25) is 0 Å². The van der Waals surface area contributed by atoms with Crippen LogP contribution in [0.4, 0.5) is 8.78 Å². The molecule has 27 heavy (non-hydrogen) atoms. The molecule has 146 valence electrons. The van der Waals surface area contributed by atoms with Gasteiger partial charge in [-0.2, -0.15) is 8.78 Å². The molecule has 0 spiro atoms. The lowest BCUT2D eigenvalue weighted by atomic mass is 10.1. The van der Waals surface area contributed by atoms with E-state index in [1.807, 2.05) is 12.1 Å². The summed E-state index contributed by atoms with van der Waals surface area (Å²) in [4.78, 5) is 12.4. The van der Waals surface area contributed by atoms with E-state index in [0.29, 0.717) is 24.5 Å². The first kappa shape index (κ1) is 20.3. The molecule has 0 saturated carbocycles. The maximum absolute atomic E-state index is 12.7. The van der Waals surface area contributed by atoms with E-state index < -0.39 is 12.5 Å². The lowest BCUT2D eigenvalue weighted by Crippen LogP contribution is -2.26. The number of halogens is 2. The first-order chi connectivity index (χ1) is 13.0. The second kappa shape index (κ2) is 9.61. The van der Waals surface area contributed by atoms with Gasteiger partial charge in [0.2, 0.25) is 0 Å². The monoisotopic (exact) mass is 381 g/mol. The largest absolute Gasteiger partial charge is 0.493 e. The first-order valence-corrected chi connectivity index (χ1v) is 8.11. The number of carbonyl (C=O) groups is 1. The first-order valence-electron chi connectivity index (χ1n) is 8.11. The van der Waals surface area contributed by atoms with E-state index in [-0.39, 0.29) is 17.1 Å². The molecule has 0 atom stereocenters. The maximum Gasteiger partial charge on any atom is 0.387 e. The summed E-state index contributed by atoms with van der Waals surface area (Å²) in [5.74, 6) is 0.420. The van der Waals surface area contributed by atoms with Gasteiger partial charge in [0.1, 0.15) is 0 Å². The molecule has 0 fully saturated rings. The molecule has 1 amide bonds. The fraction of sp³-hybridized carbons (Fsp3) is 0.316. The van der Waals surface area contributed by atoms with E-state index in [2.05, 4.69) is 10.1 Å². The molecule has 2 rings (SSSR count). The van der Waals surface area contributed by atoms with E-state index >= 15 is 0 Å². The lowest BCUT2D eigenvalue weighted by Gasteiger charge is -2.14. The quantitative estimate of drug-likeness (QED) is 0.722. The molecule has 0 aliphatic rings. The van der Waals surface area contributed by atoms with Crippen LogP contribution in [0.5, 0.6) is 23.0 Å². The van der Waals surface area contributed by atoms with Gasteiger partial charge in [-0.25, -0.2) is 0 Å². The average Bonchev–Trinajstić information content (AvgIpc) is 2.67. The smallest absolute Gasteiger partial charge is 0.387 e. The van der Waals surface area contributed by atoms with Gasteiger partial charge in [-0.1, -0.05) is 12.1 Å². The number of alkyl halides is 2. The topological polar surface area (TPSA) is 66.0 Å². The van der Waals surface area contributed by atoms with Crippen molar-refractivity contribution < 1.29 is 32.5 Å². The number of ether oxygens (including phenoxy) is 4. The highest BCUT2D eigenvalue weighted by Crippen LogP contribution is 2.32. The van der Waals surface area contributed by atoms with Crippen LogP contribution in [0.3, 0.4) is 0 Å². The number of hydrogen-bond acceptors (Lipinski definition) is 5. The van der Waals surface area contributed by atoms with Crippen molar-refractivity contribution in [2.75, 3.05) is 27.9 Å². The van der Waals surface area contributed by atoms with Gasteiger partial charge in [-0.15, -0.1) is 0 Å². The van der Waals surface area contributed by atoms with Crippen molar-refractivity contribution in [3.63, 3.8) is 0 Å². The highest BCUT2D eigenvalue weighted by atomic mass is 19.3. The molecule has 6 nitrogen and oxygen atoms in total. The molecule has 0 aliphatic heterocycles. The number of carbonyl (C=O) groups excluding carboxylic acids is 1.